The van der Waals surface area contributed by atoms with Crippen molar-refractivity contribution in [1.29, 1.82) is 0 Å². The van der Waals surface area contributed by atoms with Crippen LogP contribution in [0.5, 0.6) is 0 Å². The highest BCUT2D eigenvalue weighted by Gasteiger charge is 2.30. The minimum absolute atomic E-state index is 0.134. The number of pyridine rings is 1. The number of hydrogen-bond donors (Lipinski definition) is 1. The van der Waals surface area contributed by atoms with Crippen LogP contribution in [0.1, 0.15) is 43.4 Å². The number of methoxy groups -OCH3 is 1. The zero-order valence-electron chi connectivity index (χ0n) is 19.6. The lowest BCUT2D eigenvalue weighted by Gasteiger charge is -2.22. The summed E-state index contributed by atoms with van der Waals surface area (Å²) in [5.41, 5.74) is 5.26. The fraction of sp³-hybridized carbons (Fsp3) is 0.409. The van der Waals surface area contributed by atoms with Gasteiger partial charge in [-0.2, -0.15) is 4.31 Å². The SMILES string of the molecule is [2H]c1cc(Cc2c(C)nc3nc(CC)[nH]c3c2C)ccc1S(=O)(=O)N(C)[C@@H](C)C(=O)OC. The summed E-state index contributed by atoms with van der Waals surface area (Å²) in [5, 5.41) is 0. The minimum atomic E-state index is -4.04. The molecule has 1 atom stereocenters. The van der Waals surface area contributed by atoms with Crippen LogP contribution >= 0.6 is 0 Å². The average molecular weight is 446 g/mol. The molecule has 31 heavy (non-hydrogen) atoms. The van der Waals surface area contributed by atoms with Crippen LogP contribution in [-0.2, 0) is 32.4 Å². The van der Waals surface area contributed by atoms with Gasteiger partial charge >= 0.3 is 5.97 Å². The number of aromatic nitrogens is 3. The van der Waals surface area contributed by atoms with E-state index in [0.717, 1.165) is 44.5 Å². The number of ether oxygens (including phenoxy) is 1. The number of carbonyl (C=O) groups excluding carboxylic acids is 1. The molecule has 0 spiro atoms. The highest BCUT2D eigenvalue weighted by Crippen LogP contribution is 2.25. The van der Waals surface area contributed by atoms with Crippen LogP contribution in [0.15, 0.2) is 29.1 Å². The third-order valence-corrected chi connectivity index (χ3v) is 7.47. The molecule has 1 N–H and O–H groups in total. The van der Waals surface area contributed by atoms with Gasteiger partial charge in [0, 0.05) is 19.2 Å². The molecule has 3 rings (SSSR count). The number of nitrogens with one attached hydrogen (secondary N) is 1. The number of aromatic amines is 1. The Morgan fingerprint density at radius 3 is 2.61 bits per heavy atom. The maximum absolute atomic E-state index is 12.9. The molecule has 0 fully saturated rings. The maximum atomic E-state index is 12.9. The Morgan fingerprint density at radius 1 is 1.29 bits per heavy atom. The van der Waals surface area contributed by atoms with Crippen molar-refractivity contribution in [3.63, 3.8) is 0 Å². The Morgan fingerprint density at radius 2 is 2.00 bits per heavy atom. The van der Waals surface area contributed by atoms with E-state index in [-0.39, 0.29) is 10.9 Å². The van der Waals surface area contributed by atoms with Gasteiger partial charge in [-0.15, -0.1) is 0 Å². The number of rotatable bonds is 7. The van der Waals surface area contributed by atoms with Gasteiger partial charge in [0.25, 0.3) is 0 Å². The first-order valence-electron chi connectivity index (χ1n) is 10.5. The number of carbonyl (C=O) groups is 1. The molecule has 0 saturated heterocycles. The summed E-state index contributed by atoms with van der Waals surface area (Å²) < 4.78 is 39.8. The average Bonchev–Trinajstić information content (AvgIpc) is 3.18. The van der Waals surface area contributed by atoms with E-state index in [9.17, 15) is 13.2 Å². The number of likely N-dealkylation sites (N-methyl/N-ethyl adjacent to an activating group) is 1. The van der Waals surface area contributed by atoms with Gasteiger partial charge in [0.05, 0.1) is 18.9 Å². The fourth-order valence-electron chi connectivity index (χ4n) is 3.43. The van der Waals surface area contributed by atoms with E-state index in [0.29, 0.717) is 12.1 Å². The van der Waals surface area contributed by atoms with E-state index in [1.807, 2.05) is 20.8 Å². The van der Waals surface area contributed by atoms with Gasteiger partial charge < -0.3 is 9.72 Å². The zero-order valence-corrected chi connectivity index (χ0v) is 19.4. The summed E-state index contributed by atoms with van der Waals surface area (Å²) in [6.07, 6.45) is 1.28. The van der Waals surface area contributed by atoms with E-state index >= 15 is 0 Å². The van der Waals surface area contributed by atoms with E-state index in [1.54, 1.807) is 6.07 Å². The second-order valence-electron chi connectivity index (χ2n) is 7.49. The molecule has 0 amide bonds. The summed E-state index contributed by atoms with van der Waals surface area (Å²) in [7, 11) is -1.54. The molecule has 8 nitrogen and oxygen atoms in total. The van der Waals surface area contributed by atoms with Crippen molar-refractivity contribution in [1.82, 2.24) is 19.3 Å². The monoisotopic (exact) mass is 445 g/mol. The lowest BCUT2D eigenvalue weighted by Crippen LogP contribution is -2.40. The molecule has 1 aromatic carbocycles. The largest absolute Gasteiger partial charge is 0.468 e. The summed E-state index contributed by atoms with van der Waals surface area (Å²) >= 11 is 0. The molecule has 2 aromatic heterocycles. The van der Waals surface area contributed by atoms with Crippen LogP contribution in [0.25, 0.3) is 11.2 Å². The molecule has 0 bridgehead atoms. The van der Waals surface area contributed by atoms with Crippen molar-refractivity contribution in [3.8, 4) is 0 Å². The Labute approximate surface area is 184 Å². The first-order chi connectivity index (χ1) is 15.0. The van der Waals surface area contributed by atoms with Gasteiger partial charge in [0.15, 0.2) is 5.65 Å². The summed E-state index contributed by atoms with van der Waals surface area (Å²) in [6, 6.07) is 3.50. The number of esters is 1. The second kappa shape index (κ2) is 8.76. The second-order valence-corrected chi connectivity index (χ2v) is 9.46. The van der Waals surface area contributed by atoms with Gasteiger partial charge in [-0.3, -0.25) is 4.79 Å². The molecule has 0 radical (unpaired) electrons. The molecular weight excluding hydrogens is 416 g/mol. The van der Waals surface area contributed by atoms with E-state index in [2.05, 4.69) is 19.7 Å². The first-order valence-corrected chi connectivity index (χ1v) is 11.4. The topological polar surface area (TPSA) is 105 Å². The fourth-order valence-corrected chi connectivity index (χ4v) is 4.69. The molecule has 3 aromatic rings. The highest BCUT2D eigenvalue weighted by atomic mass is 32.2. The number of sulfonamides is 1. The van der Waals surface area contributed by atoms with Gasteiger partial charge in [0.2, 0.25) is 10.0 Å². The van der Waals surface area contributed by atoms with Crippen LogP contribution in [0, 0.1) is 13.8 Å². The maximum Gasteiger partial charge on any atom is 0.323 e. The standard InChI is InChI=1S/C22H28N4O4S/c1-7-19-24-20-13(2)18(14(3)23-21(20)25-19)12-16-8-10-17(11-9-16)31(28,29)26(5)15(4)22(27)30-6/h8-11,15H,7,12H2,1-6H3,(H,23,24,25)/t15-/m0/s1/i10D. The van der Waals surface area contributed by atoms with E-state index < -0.39 is 22.0 Å². The van der Waals surface area contributed by atoms with Crippen molar-refractivity contribution in [3.05, 3.63) is 52.5 Å². The summed E-state index contributed by atoms with van der Waals surface area (Å²) in [4.78, 5) is 24.0. The predicted octanol–water partition coefficient (Wildman–Crippen LogP) is 2.91. The number of fused-ring (bicyclic) bond motifs is 1. The minimum Gasteiger partial charge on any atom is -0.468 e. The predicted molar refractivity (Wildman–Crippen MR) is 118 cm³/mol. The zero-order chi connectivity index (χ0) is 23.8. The highest BCUT2D eigenvalue weighted by molar-refractivity contribution is 7.89. The Hall–Kier alpha value is -2.78. The van der Waals surface area contributed by atoms with Crippen molar-refractivity contribution < 1.29 is 19.3 Å². The molecule has 0 aliphatic rings. The van der Waals surface area contributed by atoms with Crippen molar-refractivity contribution in [2.45, 2.75) is 51.5 Å². The number of nitrogens with zero attached hydrogens (tertiary/aromatic N) is 3. The molecule has 9 heteroatoms. The molecule has 0 aliphatic heterocycles. The summed E-state index contributed by atoms with van der Waals surface area (Å²) in [6.45, 7) is 7.39. The van der Waals surface area contributed by atoms with Crippen LogP contribution in [-0.4, -0.2) is 53.8 Å². The summed E-state index contributed by atoms with van der Waals surface area (Å²) in [5.74, 6) is 0.207. The molecule has 2 heterocycles. The molecule has 0 saturated carbocycles. The van der Waals surface area contributed by atoms with Gasteiger partial charge in [-0.05, 0) is 56.0 Å². The van der Waals surface area contributed by atoms with Crippen LogP contribution < -0.4 is 0 Å². The lowest BCUT2D eigenvalue weighted by atomic mass is 9.99. The smallest absolute Gasteiger partial charge is 0.323 e. The van der Waals surface area contributed by atoms with Gasteiger partial charge in [-0.25, -0.2) is 18.4 Å². The van der Waals surface area contributed by atoms with Crippen LogP contribution in [0.2, 0.25) is 0 Å². The number of imidazole rings is 1. The van der Waals surface area contributed by atoms with Gasteiger partial charge in [0.1, 0.15) is 11.9 Å². The lowest BCUT2D eigenvalue weighted by molar-refractivity contribution is -0.144. The quantitative estimate of drug-likeness (QED) is 0.561. The number of aryl methyl sites for hydroxylation is 3. The first kappa shape index (κ1) is 21.5. The van der Waals surface area contributed by atoms with Gasteiger partial charge in [-0.1, -0.05) is 19.1 Å². The van der Waals surface area contributed by atoms with Crippen molar-refractivity contribution in [2.75, 3.05) is 14.2 Å². The Bertz CT molecular complexity index is 1290. The van der Waals surface area contributed by atoms with E-state index in [4.69, 9.17) is 1.37 Å². The van der Waals surface area contributed by atoms with Crippen LogP contribution in [0.4, 0.5) is 0 Å². The normalized spacial score (nSPS) is 13.5. The van der Waals surface area contributed by atoms with Crippen molar-refractivity contribution in [2.24, 2.45) is 0 Å². The number of H-pyrrole nitrogens is 1. The molecule has 0 aliphatic carbocycles. The molecule has 166 valence electrons. The Kier molecular flexibility index (Phi) is 6.06. The van der Waals surface area contributed by atoms with Crippen molar-refractivity contribution >= 4 is 27.2 Å². The Balaban J connectivity index is 1.95. The number of benzene rings is 1. The third kappa shape index (κ3) is 4.33. The van der Waals surface area contributed by atoms with Crippen LogP contribution in [0.3, 0.4) is 0 Å². The molecule has 0 unspecified atom stereocenters. The third-order valence-electron chi connectivity index (χ3n) is 5.58. The number of hydrogen-bond acceptors (Lipinski definition) is 6. The van der Waals surface area contributed by atoms with E-state index in [1.165, 1.54) is 33.2 Å². The molecular formula is C22H28N4O4S.